The zero-order valence-corrected chi connectivity index (χ0v) is 18.5. The molecule has 10 heteroatoms. The normalized spacial score (nSPS) is 13.7. The summed E-state index contributed by atoms with van der Waals surface area (Å²) < 4.78 is 8.98. The maximum absolute atomic E-state index is 5.99. The standard InChI is InChI=1S/C16H16BrIN6OS/c1-23-4-5-25-11-6-9(18)12(7-10(11)23)26-16-22-13-14(19)20-8-21-15(13)24(16)3-2-17/h6-8H,2-5H2,1H3,(H2,19,20,21). The molecule has 0 atom stereocenters. The van der Waals surface area contributed by atoms with Gasteiger partial charge in [0.2, 0.25) is 0 Å². The zero-order chi connectivity index (χ0) is 18.3. The van der Waals surface area contributed by atoms with Gasteiger partial charge >= 0.3 is 0 Å². The Balaban J connectivity index is 1.79. The number of ether oxygens (including phenoxy) is 1. The van der Waals surface area contributed by atoms with E-state index < -0.39 is 0 Å². The fourth-order valence-corrected chi connectivity index (χ4v) is 4.90. The lowest BCUT2D eigenvalue weighted by atomic mass is 10.2. The lowest BCUT2D eigenvalue weighted by Gasteiger charge is -2.28. The van der Waals surface area contributed by atoms with E-state index in [0.717, 1.165) is 49.1 Å². The number of hydrogen-bond donors (Lipinski definition) is 1. The molecule has 4 rings (SSSR count). The van der Waals surface area contributed by atoms with Gasteiger partial charge in [0.15, 0.2) is 22.1 Å². The van der Waals surface area contributed by atoms with Crippen LogP contribution < -0.4 is 15.4 Å². The van der Waals surface area contributed by atoms with Gasteiger partial charge in [-0.3, -0.25) is 0 Å². The van der Waals surface area contributed by atoms with Crippen molar-refractivity contribution in [3.63, 3.8) is 0 Å². The smallest absolute Gasteiger partial charge is 0.175 e. The second-order valence-corrected chi connectivity index (χ2v) is 8.75. The fraction of sp³-hybridized carbons (Fsp3) is 0.312. The molecule has 0 amide bonds. The lowest BCUT2D eigenvalue weighted by molar-refractivity contribution is 0.311. The van der Waals surface area contributed by atoms with Gasteiger partial charge in [-0.05, 0) is 34.7 Å². The second kappa shape index (κ2) is 7.39. The number of nitrogen functional groups attached to an aromatic ring is 1. The highest BCUT2D eigenvalue weighted by molar-refractivity contribution is 14.1. The molecule has 2 aromatic heterocycles. The first kappa shape index (κ1) is 18.1. The molecule has 0 radical (unpaired) electrons. The van der Waals surface area contributed by atoms with E-state index in [0.29, 0.717) is 17.9 Å². The molecule has 0 spiro atoms. The Bertz CT molecular complexity index is 981. The van der Waals surface area contributed by atoms with Crippen molar-refractivity contribution in [1.29, 1.82) is 0 Å². The van der Waals surface area contributed by atoms with Crippen LogP contribution in [0.3, 0.4) is 0 Å². The minimum absolute atomic E-state index is 0.401. The molecule has 136 valence electrons. The number of halogens is 2. The number of likely N-dealkylation sites (N-methyl/N-ethyl adjacent to an activating group) is 1. The molecule has 0 saturated carbocycles. The van der Waals surface area contributed by atoms with Crippen molar-refractivity contribution >= 4 is 73.0 Å². The molecule has 3 heterocycles. The van der Waals surface area contributed by atoms with Crippen LogP contribution in [0.4, 0.5) is 11.5 Å². The summed E-state index contributed by atoms with van der Waals surface area (Å²) in [5.41, 5.74) is 8.49. The van der Waals surface area contributed by atoms with E-state index in [4.69, 9.17) is 15.5 Å². The van der Waals surface area contributed by atoms with Crippen LogP contribution in [0.1, 0.15) is 0 Å². The van der Waals surface area contributed by atoms with Crippen LogP contribution in [0.15, 0.2) is 28.5 Å². The van der Waals surface area contributed by atoms with E-state index in [2.05, 4.69) is 77.1 Å². The number of rotatable bonds is 4. The highest BCUT2D eigenvalue weighted by Crippen LogP contribution is 2.40. The number of nitrogens with two attached hydrogens (primary N) is 1. The summed E-state index contributed by atoms with van der Waals surface area (Å²) >= 11 is 7.46. The molecule has 0 bridgehead atoms. The van der Waals surface area contributed by atoms with Crippen LogP contribution in [0.25, 0.3) is 11.2 Å². The number of hydrogen-bond acceptors (Lipinski definition) is 7. The molecule has 0 unspecified atom stereocenters. The maximum atomic E-state index is 5.99. The number of benzene rings is 1. The Morgan fingerprint density at radius 1 is 1.38 bits per heavy atom. The summed E-state index contributed by atoms with van der Waals surface area (Å²) in [5.74, 6) is 1.33. The molecule has 7 nitrogen and oxygen atoms in total. The first-order chi connectivity index (χ1) is 12.6. The zero-order valence-electron chi connectivity index (χ0n) is 13.9. The third-order valence-electron chi connectivity index (χ3n) is 4.14. The third-order valence-corrected chi connectivity index (χ3v) is 6.81. The summed E-state index contributed by atoms with van der Waals surface area (Å²) in [7, 11) is 2.08. The summed E-state index contributed by atoms with van der Waals surface area (Å²) in [6.07, 6.45) is 1.48. The van der Waals surface area contributed by atoms with Gasteiger partial charge in [0.05, 0.1) is 12.2 Å². The molecule has 0 aliphatic carbocycles. The predicted molar refractivity (Wildman–Crippen MR) is 116 cm³/mol. The van der Waals surface area contributed by atoms with E-state index >= 15 is 0 Å². The van der Waals surface area contributed by atoms with Gasteiger partial charge in [-0.15, -0.1) is 0 Å². The predicted octanol–water partition coefficient (Wildman–Crippen LogP) is 3.39. The molecule has 26 heavy (non-hydrogen) atoms. The highest BCUT2D eigenvalue weighted by atomic mass is 127. The average molecular weight is 547 g/mol. The van der Waals surface area contributed by atoms with Crippen molar-refractivity contribution in [1.82, 2.24) is 19.5 Å². The highest BCUT2D eigenvalue weighted by Gasteiger charge is 2.21. The van der Waals surface area contributed by atoms with Crippen molar-refractivity contribution in [2.75, 3.05) is 36.2 Å². The molecular weight excluding hydrogens is 531 g/mol. The SMILES string of the molecule is CN1CCOc2cc(I)c(Sc3nc4c(N)ncnc4n3CCBr)cc21. The molecule has 1 aliphatic rings. The Morgan fingerprint density at radius 2 is 2.23 bits per heavy atom. The van der Waals surface area contributed by atoms with Crippen LogP contribution in [0.5, 0.6) is 5.75 Å². The Hall–Kier alpha value is -1.27. The van der Waals surface area contributed by atoms with Crippen LogP contribution in [0, 0.1) is 3.57 Å². The Kier molecular flexibility index (Phi) is 5.15. The van der Waals surface area contributed by atoms with Gasteiger partial charge < -0.3 is 19.9 Å². The minimum atomic E-state index is 0.401. The number of alkyl halides is 1. The second-order valence-electron chi connectivity index (χ2n) is 5.79. The van der Waals surface area contributed by atoms with Crippen LogP contribution >= 0.6 is 50.3 Å². The van der Waals surface area contributed by atoms with Crippen molar-refractivity contribution in [2.45, 2.75) is 16.6 Å². The van der Waals surface area contributed by atoms with Crippen LogP contribution in [-0.2, 0) is 6.54 Å². The monoisotopic (exact) mass is 546 g/mol. The quantitative estimate of drug-likeness (QED) is 0.397. The van der Waals surface area contributed by atoms with E-state index in [-0.39, 0.29) is 0 Å². The minimum Gasteiger partial charge on any atom is -0.490 e. The summed E-state index contributed by atoms with van der Waals surface area (Å²) in [6, 6.07) is 4.24. The first-order valence-corrected chi connectivity index (χ1v) is 11.0. The van der Waals surface area contributed by atoms with Crippen LogP contribution in [-0.4, -0.2) is 45.0 Å². The van der Waals surface area contributed by atoms with E-state index in [1.165, 1.54) is 6.33 Å². The molecule has 3 aromatic rings. The average Bonchev–Trinajstić information content (AvgIpc) is 2.96. The summed E-state index contributed by atoms with van der Waals surface area (Å²) in [6.45, 7) is 2.34. The number of nitrogens with zero attached hydrogens (tertiary/aromatic N) is 5. The molecule has 1 aliphatic heterocycles. The van der Waals surface area contributed by atoms with Gasteiger partial charge in [0.1, 0.15) is 18.7 Å². The van der Waals surface area contributed by atoms with E-state index in [1.807, 2.05) is 0 Å². The van der Waals surface area contributed by atoms with Gasteiger partial charge in [0.25, 0.3) is 0 Å². The van der Waals surface area contributed by atoms with Gasteiger partial charge in [-0.1, -0.05) is 27.7 Å². The Morgan fingerprint density at radius 3 is 3.04 bits per heavy atom. The Labute approximate surface area is 177 Å². The molecule has 0 fully saturated rings. The fourth-order valence-electron chi connectivity index (χ4n) is 2.83. The van der Waals surface area contributed by atoms with Gasteiger partial charge in [0, 0.05) is 27.4 Å². The number of fused-ring (bicyclic) bond motifs is 2. The van der Waals surface area contributed by atoms with Crippen molar-refractivity contribution < 1.29 is 4.74 Å². The topological polar surface area (TPSA) is 82.1 Å². The lowest BCUT2D eigenvalue weighted by Crippen LogP contribution is -2.28. The van der Waals surface area contributed by atoms with Crippen molar-refractivity contribution in [3.8, 4) is 5.75 Å². The van der Waals surface area contributed by atoms with Gasteiger partial charge in [-0.25, -0.2) is 15.0 Å². The summed E-state index contributed by atoms with van der Waals surface area (Å²) in [5, 5.41) is 1.65. The number of imidazole rings is 1. The number of aromatic nitrogens is 4. The largest absolute Gasteiger partial charge is 0.490 e. The molecular formula is C16H16BrIN6OS. The maximum Gasteiger partial charge on any atom is 0.175 e. The molecule has 0 saturated heterocycles. The van der Waals surface area contributed by atoms with Crippen LogP contribution in [0.2, 0.25) is 0 Å². The van der Waals surface area contributed by atoms with E-state index in [9.17, 15) is 0 Å². The van der Waals surface area contributed by atoms with Crippen molar-refractivity contribution in [2.24, 2.45) is 0 Å². The van der Waals surface area contributed by atoms with E-state index in [1.54, 1.807) is 11.8 Å². The van der Waals surface area contributed by atoms with Gasteiger partial charge in [-0.2, -0.15) is 0 Å². The first-order valence-electron chi connectivity index (χ1n) is 7.96. The number of aryl methyl sites for hydroxylation is 1. The third kappa shape index (κ3) is 3.22. The molecule has 2 N–H and O–H groups in total. The van der Waals surface area contributed by atoms with Crippen molar-refractivity contribution in [3.05, 3.63) is 22.0 Å². The molecule has 1 aromatic carbocycles. The number of anilines is 2. The summed E-state index contributed by atoms with van der Waals surface area (Å²) in [4.78, 5) is 16.5.